The van der Waals surface area contributed by atoms with Crippen LogP contribution in [0.15, 0.2) is 49.7 Å². The van der Waals surface area contributed by atoms with E-state index >= 15 is 0 Å². The van der Waals surface area contributed by atoms with Crippen molar-refractivity contribution >= 4 is 5.57 Å². The molecule has 7 nitrogen and oxygen atoms in total. The first-order valence-corrected chi connectivity index (χ1v) is 9.13. The minimum atomic E-state index is 0.101. The monoisotopic (exact) mass is 362 g/mol. The summed E-state index contributed by atoms with van der Waals surface area (Å²) in [6, 6.07) is 5.32. The van der Waals surface area contributed by atoms with Gasteiger partial charge in [-0.3, -0.25) is 0 Å². The van der Waals surface area contributed by atoms with E-state index in [1.165, 1.54) is 0 Å². The fourth-order valence-corrected chi connectivity index (χ4v) is 3.40. The van der Waals surface area contributed by atoms with Gasteiger partial charge in [-0.1, -0.05) is 6.58 Å². The van der Waals surface area contributed by atoms with Gasteiger partial charge in [0, 0.05) is 18.5 Å². The van der Waals surface area contributed by atoms with Crippen LogP contribution in [0.25, 0.3) is 22.6 Å². The Morgan fingerprint density at radius 2 is 2.15 bits per heavy atom. The molecule has 0 aliphatic carbocycles. The summed E-state index contributed by atoms with van der Waals surface area (Å²) in [5.41, 5.74) is 3.07. The fraction of sp³-hybridized carbons (Fsp3) is 0.300. The van der Waals surface area contributed by atoms with Gasteiger partial charge >= 0.3 is 0 Å². The van der Waals surface area contributed by atoms with Crippen LogP contribution < -0.4 is 5.32 Å². The van der Waals surface area contributed by atoms with Gasteiger partial charge < -0.3 is 15.0 Å². The number of benzene rings is 1. The van der Waals surface area contributed by atoms with Crippen molar-refractivity contribution in [2.75, 3.05) is 13.1 Å². The van der Waals surface area contributed by atoms with E-state index in [9.17, 15) is 5.11 Å². The Labute approximate surface area is 157 Å². The zero-order chi connectivity index (χ0) is 18.6. The highest BCUT2D eigenvalue weighted by molar-refractivity contribution is 5.67. The van der Waals surface area contributed by atoms with E-state index in [1.54, 1.807) is 30.9 Å². The normalized spacial score (nSPS) is 17.4. The molecule has 3 aromatic rings. The lowest BCUT2D eigenvalue weighted by atomic mass is 9.91. The summed E-state index contributed by atoms with van der Waals surface area (Å²) >= 11 is 0. The highest BCUT2D eigenvalue weighted by Crippen LogP contribution is 2.30. The number of aromatic hydroxyl groups is 1. The van der Waals surface area contributed by atoms with Gasteiger partial charge in [0.05, 0.1) is 23.8 Å². The predicted molar refractivity (Wildman–Crippen MR) is 103 cm³/mol. The number of rotatable bonds is 4. The van der Waals surface area contributed by atoms with Crippen LogP contribution in [0.4, 0.5) is 0 Å². The van der Waals surface area contributed by atoms with Crippen molar-refractivity contribution < 1.29 is 5.11 Å². The second-order valence-electron chi connectivity index (χ2n) is 6.74. The van der Waals surface area contributed by atoms with E-state index in [4.69, 9.17) is 0 Å². The van der Waals surface area contributed by atoms with Crippen molar-refractivity contribution in [1.82, 2.24) is 30.0 Å². The maximum Gasteiger partial charge on any atom is 0.185 e. The molecule has 138 valence electrons. The number of nitrogens with one attached hydrogen (secondary N) is 1. The lowest BCUT2D eigenvalue weighted by molar-refractivity contribution is 0.476. The lowest BCUT2D eigenvalue weighted by Crippen LogP contribution is -2.14. The number of allylic oxidation sites excluding steroid dienone is 1. The maximum absolute atomic E-state index is 10.4. The molecule has 1 aliphatic rings. The summed E-state index contributed by atoms with van der Waals surface area (Å²) in [5, 5.41) is 22.3. The Balaban J connectivity index is 1.54. The van der Waals surface area contributed by atoms with Crippen molar-refractivity contribution in [2.24, 2.45) is 5.92 Å². The summed E-state index contributed by atoms with van der Waals surface area (Å²) < 4.78 is 1.82. The molecule has 1 aliphatic heterocycles. The quantitative estimate of drug-likeness (QED) is 0.742. The van der Waals surface area contributed by atoms with Crippen LogP contribution in [0.2, 0.25) is 0 Å². The zero-order valence-corrected chi connectivity index (χ0v) is 15.0. The van der Waals surface area contributed by atoms with Crippen LogP contribution in [0.3, 0.4) is 0 Å². The molecular formula is C20H22N6O. The largest absolute Gasteiger partial charge is 0.507 e. The molecule has 0 amide bonds. The van der Waals surface area contributed by atoms with E-state index in [0.717, 1.165) is 49.3 Å². The number of imidazole rings is 1. The molecule has 7 heteroatoms. The third kappa shape index (κ3) is 3.73. The maximum atomic E-state index is 10.4. The van der Waals surface area contributed by atoms with Gasteiger partial charge in [0.25, 0.3) is 0 Å². The van der Waals surface area contributed by atoms with E-state index in [2.05, 4.69) is 32.1 Å². The molecule has 0 spiro atoms. The Morgan fingerprint density at radius 3 is 2.89 bits per heavy atom. The molecule has 4 rings (SSSR count). The Kier molecular flexibility index (Phi) is 4.93. The standard InChI is InChI=1S/C20H22N6O/c1-14(15-3-2-7-21-8-6-15)18-12-23-20(25-24-18)17-5-4-16(11-19(17)27)26-10-9-22-13-26/h4-5,9-13,15,21,27H,1-3,6-8H2/t15-/m0/s1. The molecule has 0 saturated carbocycles. The first kappa shape index (κ1) is 17.4. The first-order valence-electron chi connectivity index (χ1n) is 9.13. The van der Waals surface area contributed by atoms with Crippen molar-refractivity contribution in [3.8, 4) is 22.8 Å². The van der Waals surface area contributed by atoms with Crippen molar-refractivity contribution in [3.05, 3.63) is 55.4 Å². The Morgan fingerprint density at radius 1 is 1.22 bits per heavy atom. The lowest BCUT2D eigenvalue weighted by Gasteiger charge is -2.16. The molecule has 0 unspecified atom stereocenters. The van der Waals surface area contributed by atoms with Gasteiger partial charge in [-0.15, -0.1) is 10.2 Å². The smallest absolute Gasteiger partial charge is 0.185 e. The average Bonchev–Trinajstić information content (AvgIpc) is 3.10. The molecule has 2 aromatic heterocycles. The fourth-order valence-electron chi connectivity index (χ4n) is 3.40. The highest BCUT2D eigenvalue weighted by Gasteiger charge is 2.18. The molecule has 0 bridgehead atoms. The van der Waals surface area contributed by atoms with Gasteiger partial charge in [-0.25, -0.2) is 9.97 Å². The van der Waals surface area contributed by atoms with Crippen LogP contribution in [-0.4, -0.2) is 42.9 Å². The highest BCUT2D eigenvalue weighted by atomic mass is 16.3. The van der Waals surface area contributed by atoms with Gasteiger partial charge in [0.1, 0.15) is 11.4 Å². The number of hydrogen-bond donors (Lipinski definition) is 2. The number of hydrogen-bond acceptors (Lipinski definition) is 6. The number of aromatic nitrogens is 5. The zero-order valence-electron chi connectivity index (χ0n) is 15.0. The van der Waals surface area contributed by atoms with Gasteiger partial charge in [-0.2, -0.15) is 0 Å². The van der Waals surface area contributed by atoms with Gasteiger partial charge in [0.15, 0.2) is 5.82 Å². The van der Waals surface area contributed by atoms with Crippen molar-refractivity contribution in [2.45, 2.75) is 19.3 Å². The summed E-state index contributed by atoms with van der Waals surface area (Å²) in [6.45, 7) is 6.28. The summed E-state index contributed by atoms with van der Waals surface area (Å²) in [7, 11) is 0. The average molecular weight is 362 g/mol. The van der Waals surface area contributed by atoms with E-state index in [-0.39, 0.29) is 5.75 Å². The first-order chi connectivity index (χ1) is 13.2. The molecule has 1 fully saturated rings. The molecule has 1 aromatic carbocycles. The number of nitrogens with zero attached hydrogens (tertiary/aromatic N) is 5. The summed E-state index contributed by atoms with van der Waals surface area (Å²) in [4.78, 5) is 8.43. The summed E-state index contributed by atoms with van der Waals surface area (Å²) in [6.07, 6.45) is 10.2. The minimum Gasteiger partial charge on any atom is -0.507 e. The second kappa shape index (κ2) is 7.67. The van der Waals surface area contributed by atoms with E-state index in [0.29, 0.717) is 17.3 Å². The van der Waals surface area contributed by atoms with E-state index in [1.807, 2.05) is 16.8 Å². The molecule has 0 radical (unpaired) electrons. The van der Waals surface area contributed by atoms with Gasteiger partial charge in [-0.05, 0) is 56.0 Å². The van der Waals surface area contributed by atoms with Crippen molar-refractivity contribution in [3.63, 3.8) is 0 Å². The molecular weight excluding hydrogens is 340 g/mol. The SMILES string of the molecule is C=C(c1cnc(-c2ccc(-n3ccnc3)cc2O)nn1)[C@H]1CCCNCC1. The van der Waals surface area contributed by atoms with Crippen LogP contribution in [-0.2, 0) is 0 Å². The van der Waals surface area contributed by atoms with Crippen molar-refractivity contribution in [1.29, 1.82) is 0 Å². The Hall–Kier alpha value is -3.06. The molecule has 27 heavy (non-hydrogen) atoms. The summed E-state index contributed by atoms with van der Waals surface area (Å²) in [5.74, 6) is 0.901. The molecule has 2 N–H and O–H groups in total. The minimum absolute atomic E-state index is 0.101. The third-order valence-corrected chi connectivity index (χ3v) is 4.98. The van der Waals surface area contributed by atoms with Crippen LogP contribution in [0.5, 0.6) is 5.75 Å². The molecule has 3 heterocycles. The predicted octanol–water partition coefficient (Wildman–Crippen LogP) is 2.83. The topological polar surface area (TPSA) is 88.8 Å². The van der Waals surface area contributed by atoms with E-state index < -0.39 is 0 Å². The number of phenolic OH excluding ortho intramolecular Hbond substituents is 1. The Bertz CT molecular complexity index is 912. The number of phenols is 1. The van der Waals surface area contributed by atoms with Gasteiger partial charge in [0.2, 0.25) is 0 Å². The third-order valence-electron chi connectivity index (χ3n) is 4.98. The van der Waals surface area contributed by atoms with Crippen LogP contribution >= 0.6 is 0 Å². The second-order valence-corrected chi connectivity index (χ2v) is 6.74. The molecule has 1 atom stereocenters. The van der Waals surface area contributed by atoms with Crippen LogP contribution in [0, 0.1) is 5.92 Å². The van der Waals surface area contributed by atoms with Crippen LogP contribution in [0.1, 0.15) is 25.0 Å². The molecule has 1 saturated heterocycles.